The van der Waals surface area contributed by atoms with Crippen molar-refractivity contribution in [2.45, 2.75) is 6.92 Å². The maximum absolute atomic E-state index is 4.49. The van der Waals surface area contributed by atoms with Crippen LogP contribution < -0.4 is 0 Å². The highest BCUT2D eigenvalue weighted by atomic mass is 15.2. The van der Waals surface area contributed by atoms with E-state index in [0.717, 1.165) is 28.2 Å². The van der Waals surface area contributed by atoms with E-state index in [1.54, 1.807) is 18.6 Å². The predicted molar refractivity (Wildman–Crippen MR) is 68.4 cm³/mol. The lowest BCUT2D eigenvalue weighted by molar-refractivity contribution is 1.00. The van der Waals surface area contributed by atoms with Crippen LogP contribution in [0.5, 0.6) is 0 Å². The van der Waals surface area contributed by atoms with E-state index in [1.807, 2.05) is 23.6 Å². The number of aromatic amines is 1. The molecule has 19 heavy (non-hydrogen) atoms. The van der Waals surface area contributed by atoms with E-state index in [0.29, 0.717) is 5.82 Å². The van der Waals surface area contributed by atoms with E-state index in [-0.39, 0.29) is 0 Å². The third-order valence-electron chi connectivity index (χ3n) is 2.99. The average molecular weight is 251 g/mol. The van der Waals surface area contributed by atoms with Gasteiger partial charge in [0.15, 0.2) is 11.5 Å². The quantitative estimate of drug-likeness (QED) is 0.552. The molecule has 0 fully saturated rings. The molecule has 92 valence electrons. The van der Waals surface area contributed by atoms with E-state index in [4.69, 9.17) is 0 Å². The predicted octanol–water partition coefficient (Wildman–Crippen LogP) is 1.37. The summed E-state index contributed by atoms with van der Waals surface area (Å²) in [5.74, 6) is 1.52. The molecule has 0 radical (unpaired) electrons. The molecule has 0 aliphatic carbocycles. The Hall–Kier alpha value is -2.83. The molecule has 4 rings (SSSR count). The molecule has 0 atom stereocenters. The molecule has 7 heteroatoms. The molecule has 4 aromatic rings. The van der Waals surface area contributed by atoms with Gasteiger partial charge < -0.3 is 4.98 Å². The van der Waals surface area contributed by atoms with Gasteiger partial charge in [-0.3, -0.25) is 9.38 Å². The first-order valence-electron chi connectivity index (χ1n) is 5.79. The SMILES string of the molecule is Cc1nnc2cnc(-c3nc4ccncc4[nH]3)cn12. The number of rotatable bonds is 1. The van der Waals surface area contributed by atoms with Crippen LogP contribution in [0.1, 0.15) is 5.82 Å². The zero-order chi connectivity index (χ0) is 12.8. The Kier molecular flexibility index (Phi) is 1.91. The van der Waals surface area contributed by atoms with Crippen LogP contribution in [-0.4, -0.2) is 34.5 Å². The van der Waals surface area contributed by atoms with Crippen LogP contribution >= 0.6 is 0 Å². The van der Waals surface area contributed by atoms with Crippen molar-refractivity contribution in [2.24, 2.45) is 0 Å². The van der Waals surface area contributed by atoms with Gasteiger partial charge in [0.25, 0.3) is 0 Å². The minimum atomic E-state index is 0.706. The molecule has 0 unspecified atom stereocenters. The second kappa shape index (κ2) is 3.58. The van der Waals surface area contributed by atoms with E-state index in [2.05, 4.69) is 30.1 Å². The summed E-state index contributed by atoms with van der Waals surface area (Å²) in [6, 6.07) is 1.86. The highest BCUT2D eigenvalue weighted by Gasteiger charge is 2.09. The van der Waals surface area contributed by atoms with Gasteiger partial charge >= 0.3 is 0 Å². The third-order valence-corrected chi connectivity index (χ3v) is 2.99. The van der Waals surface area contributed by atoms with Crippen molar-refractivity contribution in [1.29, 1.82) is 0 Å². The highest BCUT2D eigenvalue weighted by molar-refractivity contribution is 5.77. The summed E-state index contributed by atoms with van der Waals surface area (Å²) >= 11 is 0. The molecular weight excluding hydrogens is 242 g/mol. The summed E-state index contributed by atoms with van der Waals surface area (Å²) in [5, 5.41) is 8.01. The first-order valence-corrected chi connectivity index (χ1v) is 5.79. The lowest BCUT2D eigenvalue weighted by Gasteiger charge is -1.98. The number of nitrogens with one attached hydrogen (secondary N) is 1. The second-order valence-corrected chi connectivity index (χ2v) is 4.23. The molecule has 0 saturated carbocycles. The van der Waals surface area contributed by atoms with Gasteiger partial charge in [-0.05, 0) is 13.0 Å². The number of fused-ring (bicyclic) bond motifs is 2. The standard InChI is InChI=1S/C12H9N7/c1-7-17-18-11-5-14-10(6-19(7)11)12-15-8-2-3-13-4-9(8)16-12/h2-6H,1H3,(H,15,16). The van der Waals surface area contributed by atoms with Gasteiger partial charge in [-0.25, -0.2) is 9.97 Å². The van der Waals surface area contributed by atoms with Crippen molar-refractivity contribution >= 4 is 16.7 Å². The molecule has 0 amide bonds. The first kappa shape index (κ1) is 10.1. The van der Waals surface area contributed by atoms with Gasteiger partial charge in [0, 0.05) is 12.4 Å². The van der Waals surface area contributed by atoms with E-state index >= 15 is 0 Å². The first-order chi connectivity index (χ1) is 9.31. The summed E-state index contributed by atoms with van der Waals surface area (Å²) in [6.07, 6.45) is 7.01. The Balaban J connectivity index is 1.95. The number of pyridine rings is 1. The number of hydrogen-bond donors (Lipinski definition) is 1. The van der Waals surface area contributed by atoms with Crippen molar-refractivity contribution in [3.8, 4) is 11.5 Å². The lowest BCUT2D eigenvalue weighted by Crippen LogP contribution is -1.93. The van der Waals surface area contributed by atoms with Crippen LogP contribution in [0.15, 0.2) is 30.9 Å². The van der Waals surface area contributed by atoms with Gasteiger partial charge in [-0.1, -0.05) is 0 Å². The Morgan fingerprint density at radius 3 is 3.05 bits per heavy atom. The smallest absolute Gasteiger partial charge is 0.179 e. The summed E-state index contributed by atoms with van der Waals surface area (Å²) in [4.78, 5) is 16.1. The molecule has 1 N–H and O–H groups in total. The number of hydrogen-bond acceptors (Lipinski definition) is 5. The van der Waals surface area contributed by atoms with Crippen LogP contribution in [-0.2, 0) is 0 Å². The Morgan fingerprint density at radius 1 is 1.21 bits per heavy atom. The van der Waals surface area contributed by atoms with E-state index in [1.165, 1.54) is 0 Å². The van der Waals surface area contributed by atoms with Crippen molar-refractivity contribution < 1.29 is 0 Å². The molecule has 0 aliphatic rings. The number of aromatic nitrogens is 7. The van der Waals surface area contributed by atoms with Crippen molar-refractivity contribution in [3.05, 3.63) is 36.7 Å². The molecule has 7 nitrogen and oxygen atoms in total. The zero-order valence-corrected chi connectivity index (χ0v) is 10.1. The molecule has 4 heterocycles. The van der Waals surface area contributed by atoms with E-state index < -0.39 is 0 Å². The minimum absolute atomic E-state index is 0.706. The molecule has 4 aromatic heterocycles. The normalized spacial score (nSPS) is 11.4. The van der Waals surface area contributed by atoms with Gasteiger partial charge in [-0.2, -0.15) is 0 Å². The molecule has 0 saturated heterocycles. The molecule has 0 aromatic carbocycles. The minimum Gasteiger partial charge on any atom is -0.335 e. The van der Waals surface area contributed by atoms with Gasteiger partial charge in [-0.15, -0.1) is 10.2 Å². The van der Waals surface area contributed by atoms with Crippen molar-refractivity contribution in [1.82, 2.24) is 34.5 Å². The van der Waals surface area contributed by atoms with E-state index in [9.17, 15) is 0 Å². The largest absolute Gasteiger partial charge is 0.335 e. The van der Waals surface area contributed by atoms with Gasteiger partial charge in [0.1, 0.15) is 11.5 Å². The number of H-pyrrole nitrogens is 1. The fourth-order valence-corrected chi connectivity index (χ4v) is 2.02. The molecule has 0 bridgehead atoms. The Bertz CT molecular complexity index is 856. The van der Waals surface area contributed by atoms with Crippen LogP contribution in [0.3, 0.4) is 0 Å². The summed E-state index contributed by atoms with van der Waals surface area (Å²) < 4.78 is 1.88. The second-order valence-electron chi connectivity index (χ2n) is 4.23. The molecule has 0 aliphatic heterocycles. The van der Waals surface area contributed by atoms with Crippen molar-refractivity contribution in [2.75, 3.05) is 0 Å². The topological polar surface area (TPSA) is 84.7 Å². The summed E-state index contributed by atoms with van der Waals surface area (Å²) in [6.45, 7) is 1.90. The van der Waals surface area contributed by atoms with Gasteiger partial charge in [0.05, 0.1) is 23.4 Å². The van der Waals surface area contributed by atoms with Crippen LogP contribution in [0.4, 0.5) is 0 Å². The average Bonchev–Trinajstić information content (AvgIpc) is 3.02. The molecular formula is C12H9N7. The van der Waals surface area contributed by atoms with Crippen LogP contribution in [0.2, 0.25) is 0 Å². The van der Waals surface area contributed by atoms with Crippen LogP contribution in [0, 0.1) is 6.92 Å². The van der Waals surface area contributed by atoms with Crippen LogP contribution in [0.25, 0.3) is 28.2 Å². The Morgan fingerprint density at radius 2 is 2.16 bits per heavy atom. The molecule has 0 spiro atoms. The fraction of sp³-hybridized carbons (Fsp3) is 0.0833. The third kappa shape index (κ3) is 1.48. The lowest BCUT2D eigenvalue weighted by atomic mass is 10.4. The maximum atomic E-state index is 4.49. The van der Waals surface area contributed by atoms with Crippen molar-refractivity contribution in [3.63, 3.8) is 0 Å². The van der Waals surface area contributed by atoms with Gasteiger partial charge in [0.2, 0.25) is 0 Å². The monoisotopic (exact) mass is 251 g/mol. The number of nitrogens with zero attached hydrogens (tertiary/aromatic N) is 6. The summed E-state index contributed by atoms with van der Waals surface area (Å²) in [5.41, 5.74) is 3.22. The zero-order valence-electron chi connectivity index (χ0n) is 10.1. The highest BCUT2D eigenvalue weighted by Crippen LogP contribution is 2.18. The number of aryl methyl sites for hydroxylation is 1. The maximum Gasteiger partial charge on any atom is 0.179 e. The Labute approximate surface area is 107 Å². The fourth-order valence-electron chi connectivity index (χ4n) is 2.02. The summed E-state index contributed by atoms with van der Waals surface area (Å²) in [7, 11) is 0. The number of imidazole rings is 1.